The summed E-state index contributed by atoms with van der Waals surface area (Å²) in [4.78, 5) is 17.4. The second kappa shape index (κ2) is 10.0. The summed E-state index contributed by atoms with van der Waals surface area (Å²) >= 11 is 1.32. The number of nitrogens with zero attached hydrogens (tertiary/aromatic N) is 6. The number of hydrogen-bond acceptors (Lipinski definition) is 9. The molecule has 0 aliphatic rings. The van der Waals surface area contributed by atoms with E-state index in [-0.39, 0.29) is 11.4 Å². The van der Waals surface area contributed by atoms with Crippen LogP contribution < -0.4 is 5.56 Å². The lowest BCUT2D eigenvalue weighted by atomic mass is 10.1. The molecule has 2 aromatic carbocycles. The average molecular weight is 475 g/mol. The first-order valence-electron chi connectivity index (χ1n) is 11.0. The number of unbranched alkanes of at least 4 members (excludes halogenated alkanes) is 1. The highest BCUT2D eigenvalue weighted by Crippen LogP contribution is 2.27. The van der Waals surface area contributed by atoms with Crippen LogP contribution in [0.15, 0.2) is 73.6 Å². The van der Waals surface area contributed by atoms with E-state index in [9.17, 15) is 4.79 Å². The lowest BCUT2D eigenvalue weighted by Crippen LogP contribution is -2.24. The van der Waals surface area contributed by atoms with Crippen molar-refractivity contribution in [2.24, 2.45) is 0 Å². The molecule has 0 radical (unpaired) electrons. The molecule has 3 aromatic heterocycles. The van der Waals surface area contributed by atoms with Crippen molar-refractivity contribution in [3.63, 3.8) is 0 Å². The van der Waals surface area contributed by atoms with Crippen LogP contribution in [0.5, 0.6) is 0 Å². The Hall–Kier alpha value is -3.79. The first kappa shape index (κ1) is 22.0. The van der Waals surface area contributed by atoms with E-state index >= 15 is 0 Å². The number of aryl methyl sites for hydroxylation is 1. The van der Waals surface area contributed by atoms with Gasteiger partial charge >= 0.3 is 0 Å². The van der Waals surface area contributed by atoms with Crippen LogP contribution in [-0.4, -0.2) is 30.1 Å². The van der Waals surface area contributed by atoms with E-state index < -0.39 is 0 Å². The van der Waals surface area contributed by atoms with Gasteiger partial charge in [0.25, 0.3) is 16.7 Å². The summed E-state index contributed by atoms with van der Waals surface area (Å²) in [5, 5.41) is 18.5. The second-order valence-electron chi connectivity index (χ2n) is 7.71. The zero-order chi connectivity index (χ0) is 23.3. The predicted molar refractivity (Wildman–Crippen MR) is 127 cm³/mol. The van der Waals surface area contributed by atoms with Crippen molar-refractivity contribution in [1.29, 1.82) is 0 Å². The molecule has 5 aromatic rings. The Morgan fingerprint density at radius 3 is 2.62 bits per heavy atom. The van der Waals surface area contributed by atoms with Gasteiger partial charge in [0.05, 0.1) is 17.7 Å². The molecule has 0 atom stereocenters. The highest BCUT2D eigenvalue weighted by Gasteiger charge is 2.18. The molecule has 9 nitrogen and oxygen atoms in total. The molecule has 0 spiro atoms. The smallest absolute Gasteiger partial charge is 0.277 e. The van der Waals surface area contributed by atoms with Crippen molar-refractivity contribution in [2.45, 2.75) is 43.7 Å². The molecule has 0 fully saturated rings. The topological polar surface area (TPSA) is 113 Å². The fourth-order valence-electron chi connectivity index (χ4n) is 3.53. The minimum absolute atomic E-state index is 0.173. The van der Waals surface area contributed by atoms with Gasteiger partial charge in [0, 0.05) is 11.8 Å². The largest absolute Gasteiger partial charge is 0.409 e. The lowest BCUT2D eigenvalue weighted by Gasteiger charge is -2.09. The molecule has 10 heteroatoms. The molecule has 0 aliphatic carbocycles. The molecule has 172 valence electrons. The van der Waals surface area contributed by atoms with Crippen LogP contribution in [-0.2, 0) is 18.7 Å². The summed E-state index contributed by atoms with van der Waals surface area (Å²) in [6.07, 6.45) is 2.85. The molecule has 34 heavy (non-hydrogen) atoms. The number of thioether (sulfide) groups is 1. The lowest BCUT2D eigenvalue weighted by molar-refractivity contribution is 0.371. The van der Waals surface area contributed by atoms with E-state index in [1.54, 1.807) is 6.07 Å². The molecule has 3 heterocycles. The SMILES string of the molecule is CCCCc1nc(CSc2nnc(-c3nn(Cc4ccccc4)c(=O)c4ccccc34)o2)no1. The number of aromatic nitrogens is 6. The van der Waals surface area contributed by atoms with Crippen LogP contribution in [0.3, 0.4) is 0 Å². The normalized spacial score (nSPS) is 11.3. The Bertz CT molecular complexity index is 1460. The summed E-state index contributed by atoms with van der Waals surface area (Å²) in [5.41, 5.74) is 1.26. The highest BCUT2D eigenvalue weighted by molar-refractivity contribution is 7.98. The summed E-state index contributed by atoms with van der Waals surface area (Å²) in [5.74, 6) is 1.91. The second-order valence-corrected chi connectivity index (χ2v) is 8.64. The van der Waals surface area contributed by atoms with Gasteiger partial charge < -0.3 is 8.94 Å². The standard InChI is InChI=1S/C24H22N6O3S/c1-2-3-13-20-25-19(29-33-20)15-34-24-27-26-22(32-24)21-17-11-7-8-12-18(17)23(31)30(28-21)14-16-9-5-4-6-10-16/h4-12H,2-3,13-15H2,1H3. The van der Waals surface area contributed by atoms with Gasteiger partial charge in [-0.15, -0.1) is 10.2 Å². The van der Waals surface area contributed by atoms with Crippen molar-refractivity contribution in [2.75, 3.05) is 0 Å². The maximum absolute atomic E-state index is 13.1. The quantitative estimate of drug-likeness (QED) is 0.285. The molecule has 0 amide bonds. The van der Waals surface area contributed by atoms with Gasteiger partial charge in [0.15, 0.2) is 11.5 Å². The van der Waals surface area contributed by atoms with Gasteiger partial charge in [0.2, 0.25) is 5.89 Å². The first-order valence-corrected chi connectivity index (χ1v) is 12.0. The van der Waals surface area contributed by atoms with Gasteiger partial charge in [-0.25, -0.2) is 4.68 Å². The number of fused-ring (bicyclic) bond motifs is 1. The van der Waals surface area contributed by atoms with E-state index in [2.05, 4.69) is 32.4 Å². The average Bonchev–Trinajstić information content (AvgIpc) is 3.53. The molecule has 0 saturated heterocycles. The maximum atomic E-state index is 13.1. The molecular weight excluding hydrogens is 452 g/mol. The molecule has 0 N–H and O–H groups in total. The van der Waals surface area contributed by atoms with Gasteiger partial charge in [-0.2, -0.15) is 10.1 Å². The molecule has 0 aliphatic heterocycles. The van der Waals surface area contributed by atoms with Crippen molar-refractivity contribution >= 4 is 22.5 Å². The fraction of sp³-hybridized carbons (Fsp3) is 0.250. The minimum atomic E-state index is -0.173. The Balaban J connectivity index is 1.41. The molecule has 0 unspecified atom stereocenters. The third-order valence-corrected chi connectivity index (χ3v) is 6.05. The Morgan fingerprint density at radius 2 is 1.79 bits per heavy atom. The van der Waals surface area contributed by atoms with E-state index in [1.165, 1.54) is 16.4 Å². The van der Waals surface area contributed by atoms with Crippen LogP contribution in [0.4, 0.5) is 0 Å². The Morgan fingerprint density at radius 1 is 1.00 bits per heavy atom. The highest BCUT2D eigenvalue weighted by atomic mass is 32.2. The molecule has 5 rings (SSSR count). The summed E-state index contributed by atoms with van der Waals surface area (Å²) in [6.45, 7) is 2.46. The van der Waals surface area contributed by atoms with Gasteiger partial charge in [0.1, 0.15) is 0 Å². The van der Waals surface area contributed by atoms with E-state index in [4.69, 9.17) is 8.94 Å². The molecular formula is C24H22N6O3S. The molecule has 0 bridgehead atoms. The van der Waals surface area contributed by atoms with Gasteiger partial charge in [-0.1, -0.05) is 78.8 Å². The Labute approximate surface area is 199 Å². The van der Waals surface area contributed by atoms with E-state index in [0.29, 0.717) is 45.7 Å². The zero-order valence-corrected chi connectivity index (χ0v) is 19.4. The van der Waals surface area contributed by atoms with Crippen molar-refractivity contribution in [1.82, 2.24) is 30.1 Å². The van der Waals surface area contributed by atoms with Crippen molar-refractivity contribution < 1.29 is 8.94 Å². The zero-order valence-electron chi connectivity index (χ0n) is 18.5. The monoisotopic (exact) mass is 474 g/mol. The van der Waals surface area contributed by atoms with E-state index in [1.807, 2.05) is 48.5 Å². The third-order valence-electron chi connectivity index (χ3n) is 5.23. The van der Waals surface area contributed by atoms with Crippen molar-refractivity contribution in [3.05, 3.63) is 82.2 Å². The van der Waals surface area contributed by atoms with E-state index in [0.717, 1.165) is 24.8 Å². The number of benzene rings is 2. The van der Waals surface area contributed by atoms with Crippen molar-refractivity contribution in [3.8, 4) is 11.6 Å². The van der Waals surface area contributed by atoms with Crippen LogP contribution >= 0.6 is 11.8 Å². The number of hydrogen-bond donors (Lipinski definition) is 0. The van der Waals surface area contributed by atoms with Crippen LogP contribution in [0.1, 0.15) is 37.0 Å². The first-order chi connectivity index (χ1) is 16.7. The molecule has 0 saturated carbocycles. The minimum Gasteiger partial charge on any atom is -0.409 e. The Kier molecular flexibility index (Phi) is 6.48. The fourth-order valence-corrected chi connectivity index (χ4v) is 4.13. The summed E-state index contributed by atoms with van der Waals surface area (Å²) < 4.78 is 12.6. The predicted octanol–water partition coefficient (Wildman–Crippen LogP) is 4.51. The summed E-state index contributed by atoms with van der Waals surface area (Å²) in [6, 6.07) is 17.0. The van der Waals surface area contributed by atoms with Gasteiger partial charge in [-0.3, -0.25) is 4.79 Å². The van der Waals surface area contributed by atoms with Crippen LogP contribution in [0.2, 0.25) is 0 Å². The third kappa shape index (κ3) is 4.76. The van der Waals surface area contributed by atoms with Gasteiger partial charge in [-0.05, 0) is 18.1 Å². The van der Waals surface area contributed by atoms with Crippen LogP contribution in [0.25, 0.3) is 22.4 Å². The maximum Gasteiger partial charge on any atom is 0.277 e. The number of rotatable bonds is 9. The van der Waals surface area contributed by atoms with Crippen LogP contribution in [0, 0.1) is 0 Å². The summed E-state index contributed by atoms with van der Waals surface area (Å²) in [7, 11) is 0.